The molecule has 0 unspecified atom stereocenters. The highest BCUT2D eigenvalue weighted by Crippen LogP contribution is 2.09. The lowest BCUT2D eigenvalue weighted by molar-refractivity contribution is 0.190. The minimum Gasteiger partial charge on any atom is -0.397 e. The van der Waals surface area contributed by atoms with E-state index in [2.05, 4.69) is 29.8 Å². The molecule has 0 rings (SSSR count). The van der Waals surface area contributed by atoms with E-state index < -0.39 is 9.28 Å². The quantitative estimate of drug-likeness (QED) is 0.284. The van der Waals surface area contributed by atoms with Crippen LogP contribution in [0, 0.1) is 0 Å². The van der Waals surface area contributed by atoms with Gasteiger partial charge < -0.3 is 8.85 Å². The highest BCUT2D eigenvalue weighted by atomic mass is 79.9. The van der Waals surface area contributed by atoms with Crippen LogP contribution in [0.2, 0.25) is 6.04 Å². The monoisotopic (exact) mass is 324 g/mol. The topological polar surface area (TPSA) is 18.5 Å². The Morgan fingerprint density at radius 2 is 1.41 bits per heavy atom. The molecule has 0 aliphatic rings. The van der Waals surface area contributed by atoms with Crippen molar-refractivity contribution in [2.24, 2.45) is 0 Å². The summed E-state index contributed by atoms with van der Waals surface area (Å²) in [7, 11) is -1.35. The second kappa shape index (κ2) is 14.7. The van der Waals surface area contributed by atoms with Gasteiger partial charge in [-0.2, -0.15) is 0 Å². The largest absolute Gasteiger partial charge is 0.397 e. The van der Waals surface area contributed by atoms with Crippen LogP contribution in [-0.4, -0.2) is 27.8 Å². The first-order valence-corrected chi connectivity index (χ1v) is 10.0. The Hall–Kier alpha value is 0.617. The molecule has 0 amide bonds. The van der Waals surface area contributed by atoms with Crippen LogP contribution < -0.4 is 0 Å². The van der Waals surface area contributed by atoms with E-state index in [4.69, 9.17) is 8.85 Å². The van der Waals surface area contributed by atoms with Crippen molar-refractivity contribution in [2.45, 2.75) is 64.8 Å². The van der Waals surface area contributed by atoms with Crippen molar-refractivity contribution in [2.75, 3.05) is 18.5 Å². The number of rotatable bonds is 13. The average molecular weight is 325 g/mol. The smallest absolute Gasteiger partial charge is 0.321 e. The predicted octanol–water partition coefficient (Wildman–Crippen LogP) is 4.41. The van der Waals surface area contributed by atoms with E-state index in [0.29, 0.717) is 0 Å². The molecule has 0 aromatic carbocycles. The molecule has 0 aromatic heterocycles. The fourth-order valence-corrected chi connectivity index (χ4v) is 3.82. The summed E-state index contributed by atoms with van der Waals surface area (Å²) in [6.45, 7) is 6.21. The fraction of sp³-hybridized carbons (Fsp3) is 1.00. The third-order valence-electron chi connectivity index (χ3n) is 2.68. The maximum absolute atomic E-state index is 5.91. The van der Waals surface area contributed by atoms with Crippen molar-refractivity contribution in [3.8, 4) is 0 Å². The number of hydrogen-bond acceptors (Lipinski definition) is 2. The van der Waals surface area contributed by atoms with Crippen LogP contribution in [0.4, 0.5) is 0 Å². The van der Waals surface area contributed by atoms with E-state index in [9.17, 15) is 0 Å². The van der Waals surface area contributed by atoms with E-state index in [1.54, 1.807) is 0 Å². The summed E-state index contributed by atoms with van der Waals surface area (Å²) in [5.41, 5.74) is 0. The lowest BCUT2D eigenvalue weighted by Crippen LogP contribution is -2.24. The third kappa shape index (κ3) is 12.9. The third-order valence-corrected chi connectivity index (χ3v) is 5.33. The Bertz CT molecular complexity index is 137. The minimum absolute atomic E-state index is 0.901. The molecule has 0 radical (unpaired) electrons. The standard InChI is InChI=1S/C13H29BrO2Si/c1-3-5-11-15-17(16-12-6-4-2)13-9-7-8-10-14/h17H,3-13H2,1-2H3. The van der Waals surface area contributed by atoms with E-state index in [1.807, 2.05) is 0 Å². The van der Waals surface area contributed by atoms with Gasteiger partial charge in [0.15, 0.2) is 0 Å². The second-order valence-electron chi connectivity index (χ2n) is 4.42. The molecule has 4 heteroatoms. The molecule has 0 saturated heterocycles. The van der Waals surface area contributed by atoms with Gasteiger partial charge in [0.1, 0.15) is 0 Å². The summed E-state index contributed by atoms with van der Waals surface area (Å²) in [6, 6.07) is 1.18. The van der Waals surface area contributed by atoms with Gasteiger partial charge in [-0.15, -0.1) is 0 Å². The van der Waals surface area contributed by atoms with Crippen molar-refractivity contribution in [1.29, 1.82) is 0 Å². The van der Waals surface area contributed by atoms with Crippen LogP contribution in [0.3, 0.4) is 0 Å². The summed E-state index contributed by atoms with van der Waals surface area (Å²) >= 11 is 3.47. The predicted molar refractivity (Wildman–Crippen MR) is 81.3 cm³/mol. The van der Waals surface area contributed by atoms with Gasteiger partial charge in [-0.05, 0) is 25.3 Å². The molecular formula is C13H29BrO2Si. The SMILES string of the molecule is CCCCO[SiH](CCCCCBr)OCCCC. The number of alkyl halides is 1. The van der Waals surface area contributed by atoms with Gasteiger partial charge in [-0.1, -0.05) is 55.5 Å². The molecule has 0 aliphatic carbocycles. The Kier molecular flexibility index (Phi) is 15.2. The summed E-state index contributed by atoms with van der Waals surface area (Å²) in [4.78, 5) is 0. The van der Waals surface area contributed by atoms with Crippen molar-refractivity contribution < 1.29 is 8.85 Å². The maximum atomic E-state index is 5.91. The second-order valence-corrected chi connectivity index (χ2v) is 7.31. The molecule has 104 valence electrons. The van der Waals surface area contributed by atoms with Crippen molar-refractivity contribution in [3.05, 3.63) is 0 Å². The average Bonchev–Trinajstić information content (AvgIpc) is 2.34. The van der Waals surface area contributed by atoms with Gasteiger partial charge in [0, 0.05) is 18.5 Å². The van der Waals surface area contributed by atoms with Gasteiger partial charge in [0.05, 0.1) is 0 Å². The van der Waals surface area contributed by atoms with E-state index in [-0.39, 0.29) is 0 Å². The Morgan fingerprint density at radius 1 is 0.824 bits per heavy atom. The van der Waals surface area contributed by atoms with E-state index >= 15 is 0 Å². The van der Waals surface area contributed by atoms with Gasteiger partial charge >= 0.3 is 9.28 Å². The number of unbranched alkanes of at least 4 members (excludes halogenated alkanes) is 4. The van der Waals surface area contributed by atoms with Crippen LogP contribution in [0.25, 0.3) is 0 Å². The molecule has 0 atom stereocenters. The van der Waals surface area contributed by atoms with Crippen LogP contribution in [0.15, 0.2) is 0 Å². The molecule has 0 N–H and O–H groups in total. The molecular weight excluding hydrogens is 296 g/mol. The van der Waals surface area contributed by atoms with E-state index in [1.165, 1.54) is 51.0 Å². The molecule has 0 heterocycles. The van der Waals surface area contributed by atoms with Crippen molar-refractivity contribution in [3.63, 3.8) is 0 Å². The van der Waals surface area contributed by atoms with Gasteiger partial charge in [0.2, 0.25) is 0 Å². The minimum atomic E-state index is -1.35. The first-order valence-electron chi connectivity index (χ1n) is 7.14. The lowest BCUT2D eigenvalue weighted by atomic mass is 10.3. The Balaban J connectivity index is 3.60. The summed E-state index contributed by atoms with van der Waals surface area (Å²) in [5.74, 6) is 0. The molecule has 0 aliphatic heterocycles. The first kappa shape index (κ1) is 17.6. The molecule has 0 bridgehead atoms. The molecule has 0 saturated carbocycles. The zero-order valence-corrected chi connectivity index (χ0v) is 14.3. The van der Waals surface area contributed by atoms with Crippen LogP contribution >= 0.6 is 15.9 Å². The van der Waals surface area contributed by atoms with Crippen LogP contribution in [-0.2, 0) is 8.85 Å². The first-order chi connectivity index (χ1) is 8.35. The zero-order chi connectivity index (χ0) is 12.8. The van der Waals surface area contributed by atoms with Crippen molar-refractivity contribution in [1.82, 2.24) is 0 Å². The lowest BCUT2D eigenvalue weighted by Gasteiger charge is -2.16. The van der Waals surface area contributed by atoms with Crippen LogP contribution in [0.1, 0.15) is 58.8 Å². The fourth-order valence-electron chi connectivity index (χ4n) is 1.52. The Labute approximate surface area is 117 Å². The summed E-state index contributed by atoms with van der Waals surface area (Å²) in [6.07, 6.45) is 8.58. The summed E-state index contributed by atoms with van der Waals surface area (Å²) in [5, 5.41) is 1.12. The summed E-state index contributed by atoms with van der Waals surface area (Å²) < 4.78 is 11.8. The zero-order valence-electron chi connectivity index (χ0n) is 11.5. The number of hydrogen-bond donors (Lipinski definition) is 0. The molecule has 0 spiro atoms. The maximum Gasteiger partial charge on any atom is 0.321 e. The van der Waals surface area contributed by atoms with Gasteiger partial charge in [-0.3, -0.25) is 0 Å². The van der Waals surface area contributed by atoms with Gasteiger partial charge in [0.25, 0.3) is 0 Å². The normalized spacial score (nSPS) is 11.3. The highest BCUT2D eigenvalue weighted by molar-refractivity contribution is 9.09. The molecule has 2 nitrogen and oxygen atoms in total. The highest BCUT2D eigenvalue weighted by Gasteiger charge is 2.12. The number of halogens is 1. The van der Waals surface area contributed by atoms with Gasteiger partial charge in [-0.25, -0.2) is 0 Å². The molecule has 0 fully saturated rings. The molecule has 0 aromatic rings. The molecule has 17 heavy (non-hydrogen) atoms. The Morgan fingerprint density at radius 3 is 1.88 bits per heavy atom. The van der Waals surface area contributed by atoms with Crippen LogP contribution in [0.5, 0.6) is 0 Å². The van der Waals surface area contributed by atoms with E-state index in [0.717, 1.165) is 18.5 Å². The van der Waals surface area contributed by atoms with Crippen molar-refractivity contribution >= 4 is 25.2 Å².